The lowest BCUT2D eigenvalue weighted by atomic mass is 9.91. The first-order chi connectivity index (χ1) is 27.3. The summed E-state index contributed by atoms with van der Waals surface area (Å²) in [6.45, 7) is 5.95. The molecule has 0 aliphatic carbocycles. The fraction of sp³-hybridized carbons (Fsp3) is 0.881. The molecule has 2 aliphatic heterocycles. The molecule has 2 fully saturated rings. The molecule has 0 aromatic carbocycles. The van der Waals surface area contributed by atoms with Gasteiger partial charge < -0.3 is 58.7 Å². The van der Waals surface area contributed by atoms with Gasteiger partial charge in [0, 0.05) is 20.3 Å². The van der Waals surface area contributed by atoms with E-state index in [1.165, 1.54) is 33.1 Å². The molecule has 0 saturated carbocycles. The Bertz CT molecular complexity index is 1120. The Morgan fingerprint density at radius 2 is 1.12 bits per heavy atom. The highest BCUT2D eigenvalue weighted by Gasteiger charge is 2.47. The highest BCUT2D eigenvalue weighted by atomic mass is 16.7. The molecule has 0 aromatic heterocycles. The standard InChI is InChI=1S/C42H74O15/c1-5-6-7-21-24-52-36(45)23-20-18-16-14-12-10-8-9-11-13-15-17-19-22-29(2)55-42-32(37(46)38(47)35(57-42)28-54-31(4)44)25-51-26-33-39(48)41(50)40(49)34(56-33)27-53-30(3)43/h8-9,29,32-35,37-42,46-50H,5-7,10-28H2,1-4H3/b9-8+. The first-order valence-corrected chi connectivity index (χ1v) is 21.4. The van der Waals surface area contributed by atoms with Crippen molar-refractivity contribution in [1.29, 1.82) is 0 Å². The van der Waals surface area contributed by atoms with Gasteiger partial charge in [-0.05, 0) is 51.9 Å². The van der Waals surface area contributed by atoms with Gasteiger partial charge in [0.25, 0.3) is 0 Å². The van der Waals surface area contributed by atoms with Crippen molar-refractivity contribution in [2.24, 2.45) is 5.92 Å². The number of carbonyl (C=O) groups excluding carboxylic acids is 3. The number of ether oxygens (including phenoxy) is 7. The van der Waals surface area contributed by atoms with Crippen LogP contribution in [0.5, 0.6) is 0 Å². The van der Waals surface area contributed by atoms with Gasteiger partial charge >= 0.3 is 17.9 Å². The smallest absolute Gasteiger partial charge is 0.305 e. The maximum atomic E-state index is 11.8. The lowest BCUT2D eigenvalue weighted by molar-refractivity contribution is -0.304. The largest absolute Gasteiger partial charge is 0.466 e. The van der Waals surface area contributed by atoms with E-state index in [1.807, 2.05) is 6.92 Å². The number of aliphatic hydroxyl groups is 5. The molecule has 2 heterocycles. The van der Waals surface area contributed by atoms with Crippen LogP contribution >= 0.6 is 0 Å². The van der Waals surface area contributed by atoms with E-state index in [-0.39, 0.29) is 38.5 Å². The van der Waals surface area contributed by atoms with Crippen LogP contribution in [0.25, 0.3) is 0 Å². The number of hydrogen-bond donors (Lipinski definition) is 5. The molecular formula is C42H74O15. The molecule has 2 saturated heterocycles. The number of carbonyl (C=O) groups is 3. The Labute approximate surface area is 339 Å². The zero-order valence-electron chi connectivity index (χ0n) is 34.9. The van der Waals surface area contributed by atoms with Gasteiger partial charge in [-0.15, -0.1) is 0 Å². The molecule has 2 aliphatic rings. The maximum Gasteiger partial charge on any atom is 0.305 e. The summed E-state index contributed by atoms with van der Waals surface area (Å²) in [6.07, 6.45) is 9.91. The Kier molecular flexibility index (Phi) is 26.7. The highest BCUT2D eigenvalue weighted by molar-refractivity contribution is 5.69. The molecule has 0 aromatic rings. The molecule has 5 N–H and O–H groups in total. The minimum Gasteiger partial charge on any atom is -0.466 e. The summed E-state index contributed by atoms with van der Waals surface area (Å²) in [5.41, 5.74) is 0. The maximum absolute atomic E-state index is 11.8. The van der Waals surface area contributed by atoms with E-state index >= 15 is 0 Å². The number of hydrogen-bond acceptors (Lipinski definition) is 15. The van der Waals surface area contributed by atoms with Crippen LogP contribution in [0.2, 0.25) is 0 Å². The zero-order valence-corrected chi connectivity index (χ0v) is 34.9. The fourth-order valence-corrected chi connectivity index (χ4v) is 6.89. The van der Waals surface area contributed by atoms with E-state index in [2.05, 4.69) is 19.1 Å². The van der Waals surface area contributed by atoms with Gasteiger partial charge in [-0.25, -0.2) is 0 Å². The van der Waals surface area contributed by atoms with Gasteiger partial charge in [-0.2, -0.15) is 0 Å². The molecule has 11 atom stereocenters. The van der Waals surface area contributed by atoms with Crippen LogP contribution in [-0.4, -0.2) is 138 Å². The van der Waals surface area contributed by atoms with Crippen LogP contribution in [0.15, 0.2) is 12.2 Å². The average Bonchev–Trinajstić information content (AvgIpc) is 3.17. The molecule has 11 unspecified atom stereocenters. The number of allylic oxidation sites excluding steroid dienone is 2. The summed E-state index contributed by atoms with van der Waals surface area (Å²) in [5.74, 6) is -2.11. The van der Waals surface area contributed by atoms with E-state index in [1.54, 1.807) is 0 Å². The Hall–Kier alpha value is -2.21. The molecule has 332 valence electrons. The quantitative estimate of drug-likeness (QED) is 0.0297. The van der Waals surface area contributed by atoms with Crippen molar-refractivity contribution in [2.45, 2.75) is 198 Å². The first-order valence-electron chi connectivity index (χ1n) is 21.4. The number of aliphatic hydroxyl groups excluding tert-OH is 5. The van der Waals surface area contributed by atoms with Crippen molar-refractivity contribution in [3.63, 3.8) is 0 Å². The number of esters is 3. The lowest BCUT2D eigenvalue weighted by Gasteiger charge is -2.43. The summed E-state index contributed by atoms with van der Waals surface area (Å²) in [5, 5.41) is 53.0. The van der Waals surface area contributed by atoms with Crippen molar-refractivity contribution >= 4 is 17.9 Å². The Balaban J connectivity index is 1.69. The lowest BCUT2D eigenvalue weighted by Crippen LogP contribution is -2.60. The van der Waals surface area contributed by atoms with Crippen molar-refractivity contribution in [3.05, 3.63) is 12.2 Å². The van der Waals surface area contributed by atoms with Gasteiger partial charge in [0.15, 0.2) is 6.29 Å². The van der Waals surface area contributed by atoms with Crippen LogP contribution in [0.1, 0.15) is 137 Å². The summed E-state index contributed by atoms with van der Waals surface area (Å²) in [6, 6.07) is 0. The first kappa shape index (κ1) is 50.9. The summed E-state index contributed by atoms with van der Waals surface area (Å²) in [4.78, 5) is 34.5. The zero-order chi connectivity index (χ0) is 42.0. The third-order valence-corrected chi connectivity index (χ3v) is 10.4. The molecule has 2 rings (SSSR count). The summed E-state index contributed by atoms with van der Waals surface area (Å²) < 4.78 is 38.9. The highest BCUT2D eigenvalue weighted by Crippen LogP contribution is 2.30. The van der Waals surface area contributed by atoms with Crippen molar-refractivity contribution in [3.8, 4) is 0 Å². The molecule has 0 radical (unpaired) electrons. The monoisotopic (exact) mass is 819 g/mol. The molecule has 15 nitrogen and oxygen atoms in total. The molecule has 0 spiro atoms. The molecule has 0 amide bonds. The summed E-state index contributed by atoms with van der Waals surface area (Å²) >= 11 is 0. The van der Waals surface area contributed by atoms with Crippen LogP contribution in [0, 0.1) is 5.92 Å². The second-order valence-corrected chi connectivity index (χ2v) is 15.5. The van der Waals surface area contributed by atoms with Crippen LogP contribution in [0.4, 0.5) is 0 Å². The number of rotatable bonds is 30. The topological polar surface area (TPSA) is 217 Å². The predicted molar refractivity (Wildman–Crippen MR) is 210 cm³/mol. The van der Waals surface area contributed by atoms with E-state index in [0.29, 0.717) is 13.0 Å². The summed E-state index contributed by atoms with van der Waals surface area (Å²) in [7, 11) is 0. The molecule has 57 heavy (non-hydrogen) atoms. The third-order valence-electron chi connectivity index (χ3n) is 10.4. The van der Waals surface area contributed by atoms with Crippen LogP contribution in [0.3, 0.4) is 0 Å². The minimum absolute atomic E-state index is 0.0656. The second-order valence-electron chi connectivity index (χ2n) is 15.5. The van der Waals surface area contributed by atoms with Gasteiger partial charge in [0.05, 0.1) is 37.9 Å². The minimum atomic E-state index is -1.58. The van der Waals surface area contributed by atoms with Crippen LogP contribution < -0.4 is 0 Å². The van der Waals surface area contributed by atoms with E-state index < -0.39 is 73.0 Å². The van der Waals surface area contributed by atoms with Gasteiger partial charge in [-0.3, -0.25) is 14.4 Å². The Morgan fingerprint density at radius 3 is 1.74 bits per heavy atom. The molecular weight excluding hydrogens is 744 g/mol. The fourth-order valence-electron chi connectivity index (χ4n) is 6.89. The average molecular weight is 819 g/mol. The predicted octanol–water partition coefficient (Wildman–Crippen LogP) is 4.20. The van der Waals surface area contributed by atoms with E-state index in [9.17, 15) is 39.9 Å². The number of unbranched alkanes of at least 4 members (excludes halogenated alkanes) is 12. The van der Waals surface area contributed by atoms with Crippen molar-refractivity contribution < 1.29 is 73.1 Å². The molecule has 15 heteroatoms. The SMILES string of the molecule is CCCCCCOC(=O)CCCCCCC/C=C/CCCCCCC(C)OC1OC(COC(C)=O)C(O)C(O)C1COCC1OC(COC(C)=O)C(O)C(O)C1O. The second kappa shape index (κ2) is 29.9. The molecule has 0 bridgehead atoms. The van der Waals surface area contributed by atoms with Gasteiger partial charge in [0.2, 0.25) is 0 Å². The normalized spacial score (nSPS) is 28.3. The van der Waals surface area contributed by atoms with Crippen LogP contribution in [-0.2, 0) is 47.5 Å². The third kappa shape index (κ3) is 21.0. The Morgan fingerprint density at radius 1 is 0.596 bits per heavy atom. The van der Waals surface area contributed by atoms with Crippen molar-refractivity contribution in [1.82, 2.24) is 0 Å². The van der Waals surface area contributed by atoms with E-state index in [4.69, 9.17) is 33.2 Å². The van der Waals surface area contributed by atoms with Gasteiger partial charge in [0.1, 0.15) is 55.9 Å². The van der Waals surface area contributed by atoms with E-state index in [0.717, 1.165) is 83.5 Å². The van der Waals surface area contributed by atoms with Gasteiger partial charge in [-0.1, -0.05) is 76.9 Å². The van der Waals surface area contributed by atoms with Crippen molar-refractivity contribution in [2.75, 3.05) is 33.0 Å².